The largest absolute Gasteiger partial charge is 0.343 e. The van der Waals surface area contributed by atoms with E-state index in [4.69, 9.17) is 9.47 Å². The molecule has 3 nitrogen and oxygen atoms in total. The van der Waals surface area contributed by atoms with E-state index in [-0.39, 0.29) is 11.2 Å². The predicted molar refractivity (Wildman–Crippen MR) is 88.3 cm³/mol. The lowest BCUT2D eigenvalue weighted by atomic mass is 9.71. The first kappa shape index (κ1) is 17.2. The van der Waals surface area contributed by atoms with Crippen LogP contribution in [0.15, 0.2) is 18.2 Å². The average molecular weight is 304 g/mol. The van der Waals surface area contributed by atoms with E-state index in [1.807, 2.05) is 26.0 Å². The van der Waals surface area contributed by atoms with Crippen molar-refractivity contribution in [1.82, 2.24) is 0 Å². The molecule has 0 amide bonds. The second-order valence-corrected chi connectivity index (χ2v) is 6.37. The first-order valence-corrected chi connectivity index (χ1v) is 8.45. The van der Waals surface area contributed by atoms with Crippen LogP contribution in [0.5, 0.6) is 0 Å². The second-order valence-electron chi connectivity index (χ2n) is 6.37. The minimum atomic E-state index is -0.619. The third kappa shape index (κ3) is 2.84. The minimum Gasteiger partial charge on any atom is -0.343 e. The summed E-state index contributed by atoms with van der Waals surface area (Å²) in [6.07, 6.45) is 2.33. The van der Waals surface area contributed by atoms with Crippen molar-refractivity contribution in [1.29, 1.82) is 0 Å². The molecule has 0 aromatic heterocycles. The number of ether oxygens (including phenoxy) is 2. The van der Waals surface area contributed by atoms with Gasteiger partial charge in [-0.15, -0.1) is 0 Å². The molecule has 0 bridgehead atoms. The Morgan fingerprint density at radius 1 is 1.14 bits per heavy atom. The maximum Gasteiger partial charge on any atom is 0.194 e. The number of ketones is 1. The molecule has 0 radical (unpaired) electrons. The standard InChI is InChI=1S/C17H22O3.C2H6/c1-4-17(19-9-10-20-17)12-5-6-13-14(11-12)16(2,3)8-7-15(13)18;1-2/h5-6,11H,4,7-10H2,1-3H3;1-2H3. The van der Waals surface area contributed by atoms with Crippen LogP contribution in [0.3, 0.4) is 0 Å². The van der Waals surface area contributed by atoms with E-state index in [0.717, 1.165) is 29.5 Å². The van der Waals surface area contributed by atoms with Crippen LogP contribution in [0, 0.1) is 0 Å². The van der Waals surface area contributed by atoms with Gasteiger partial charge in [0.2, 0.25) is 0 Å². The van der Waals surface area contributed by atoms with E-state index in [1.165, 1.54) is 0 Å². The summed E-state index contributed by atoms with van der Waals surface area (Å²) < 4.78 is 11.7. The Morgan fingerprint density at radius 2 is 1.77 bits per heavy atom. The SMILES string of the molecule is CC.CCC1(c2ccc3c(c2)C(C)(C)CCC3=O)OCCO1. The number of hydrogen-bond acceptors (Lipinski definition) is 3. The lowest BCUT2D eigenvalue weighted by Gasteiger charge is -2.34. The molecular weight excluding hydrogens is 276 g/mol. The average Bonchev–Trinajstić information content (AvgIpc) is 3.03. The molecule has 1 aromatic rings. The fraction of sp³-hybridized carbons (Fsp3) is 0.632. The highest BCUT2D eigenvalue weighted by Gasteiger charge is 2.39. The van der Waals surface area contributed by atoms with Gasteiger partial charge in [0.1, 0.15) is 0 Å². The molecule has 0 atom stereocenters. The Kier molecular flexibility index (Phi) is 5.08. The van der Waals surface area contributed by atoms with Gasteiger partial charge >= 0.3 is 0 Å². The lowest BCUT2D eigenvalue weighted by molar-refractivity contribution is -0.167. The Bertz CT molecular complexity index is 540. The highest BCUT2D eigenvalue weighted by molar-refractivity contribution is 5.99. The maximum absolute atomic E-state index is 12.1. The van der Waals surface area contributed by atoms with Gasteiger partial charge in [-0.25, -0.2) is 0 Å². The van der Waals surface area contributed by atoms with Gasteiger partial charge in [0.05, 0.1) is 13.2 Å². The normalized spacial score (nSPS) is 21.8. The second kappa shape index (κ2) is 6.51. The predicted octanol–water partition coefficient (Wildman–Crippen LogP) is 4.58. The Labute approximate surface area is 134 Å². The fourth-order valence-electron chi connectivity index (χ4n) is 3.31. The molecule has 1 heterocycles. The monoisotopic (exact) mass is 304 g/mol. The molecule has 3 heteroatoms. The quantitative estimate of drug-likeness (QED) is 0.802. The molecule has 1 aliphatic heterocycles. The van der Waals surface area contributed by atoms with Crippen molar-refractivity contribution in [2.45, 2.75) is 65.1 Å². The first-order valence-electron chi connectivity index (χ1n) is 8.45. The fourth-order valence-corrected chi connectivity index (χ4v) is 3.31. The molecule has 0 saturated carbocycles. The lowest BCUT2D eigenvalue weighted by Crippen LogP contribution is -2.30. The van der Waals surface area contributed by atoms with Gasteiger partial charge in [-0.3, -0.25) is 4.79 Å². The molecule has 3 rings (SSSR count). The molecular formula is C19H28O3. The zero-order chi connectivity index (χ0) is 16.4. The number of Topliss-reactive ketones (excluding diaryl/α,β-unsaturated/α-hetero) is 1. The number of benzene rings is 1. The molecule has 1 aromatic carbocycles. The van der Waals surface area contributed by atoms with Crippen molar-refractivity contribution in [3.63, 3.8) is 0 Å². The van der Waals surface area contributed by atoms with Crippen molar-refractivity contribution in [3.8, 4) is 0 Å². The van der Waals surface area contributed by atoms with Crippen LogP contribution >= 0.6 is 0 Å². The van der Waals surface area contributed by atoms with Gasteiger partial charge in [-0.1, -0.05) is 46.8 Å². The third-order valence-corrected chi connectivity index (χ3v) is 4.69. The summed E-state index contributed by atoms with van der Waals surface area (Å²) in [6, 6.07) is 6.07. The number of rotatable bonds is 2. The van der Waals surface area contributed by atoms with Crippen LogP contribution < -0.4 is 0 Å². The zero-order valence-corrected chi connectivity index (χ0v) is 14.5. The van der Waals surface area contributed by atoms with Crippen LogP contribution in [-0.4, -0.2) is 19.0 Å². The van der Waals surface area contributed by atoms with E-state index in [9.17, 15) is 4.79 Å². The summed E-state index contributed by atoms with van der Waals surface area (Å²) in [5, 5.41) is 0. The Balaban J connectivity index is 0.000000847. The Hall–Kier alpha value is -1.19. The molecule has 0 unspecified atom stereocenters. The Morgan fingerprint density at radius 3 is 2.36 bits per heavy atom. The first-order chi connectivity index (χ1) is 10.5. The van der Waals surface area contributed by atoms with Gasteiger partial charge in [0, 0.05) is 24.0 Å². The van der Waals surface area contributed by atoms with Crippen molar-refractivity contribution < 1.29 is 14.3 Å². The summed E-state index contributed by atoms with van der Waals surface area (Å²) in [5.74, 6) is -0.365. The molecule has 1 aliphatic carbocycles. The topological polar surface area (TPSA) is 35.5 Å². The zero-order valence-electron chi connectivity index (χ0n) is 14.5. The summed E-state index contributed by atoms with van der Waals surface area (Å²) in [6.45, 7) is 11.7. The van der Waals surface area contributed by atoms with Crippen LogP contribution in [-0.2, 0) is 20.7 Å². The highest BCUT2D eigenvalue weighted by Crippen LogP contribution is 2.41. The summed E-state index contributed by atoms with van der Waals surface area (Å²) >= 11 is 0. The maximum atomic E-state index is 12.1. The molecule has 22 heavy (non-hydrogen) atoms. The molecule has 2 aliphatic rings. The highest BCUT2D eigenvalue weighted by atomic mass is 16.7. The van der Waals surface area contributed by atoms with Crippen LogP contribution in [0.4, 0.5) is 0 Å². The number of carbonyl (C=O) groups is 1. The summed E-state index contributed by atoms with van der Waals surface area (Å²) in [5.41, 5.74) is 3.08. The van der Waals surface area contributed by atoms with Gasteiger partial charge in [-0.05, 0) is 23.5 Å². The van der Waals surface area contributed by atoms with E-state index < -0.39 is 5.79 Å². The van der Waals surface area contributed by atoms with Crippen molar-refractivity contribution in [3.05, 3.63) is 34.9 Å². The smallest absolute Gasteiger partial charge is 0.194 e. The van der Waals surface area contributed by atoms with Gasteiger partial charge in [0.15, 0.2) is 11.6 Å². The van der Waals surface area contributed by atoms with Crippen LogP contribution in [0.25, 0.3) is 0 Å². The number of fused-ring (bicyclic) bond motifs is 1. The number of carbonyl (C=O) groups excluding carboxylic acids is 1. The third-order valence-electron chi connectivity index (χ3n) is 4.69. The molecule has 1 saturated heterocycles. The van der Waals surface area contributed by atoms with E-state index in [1.54, 1.807) is 0 Å². The van der Waals surface area contributed by atoms with Crippen molar-refractivity contribution in [2.24, 2.45) is 0 Å². The molecule has 0 spiro atoms. The van der Waals surface area contributed by atoms with Crippen LogP contribution in [0.2, 0.25) is 0 Å². The summed E-state index contributed by atoms with van der Waals surface area (Å²) in [4.78, 5) is 12.1. The van der Waals surface area contributed by atoms with Gasteiger partial charge in [0.25, 0.3) is 0 Å². The van der Waals surface area contributed by atoms with E-state index in [0.29, 0.717) is 19.6 Å². The van der Waals surface area contributed by atoms with Gasteiger partial charge in [-0.2, -0.15) is 0 Å². The summed E-state index contributed by atoms with van der Waals surface area (Å²) in [7, 11) is 0. The van der Waals surface area contributed by atoms with E-state index >= 15 is 0 Å². The minimum absolute atomic E-state index is 0.0345. The number of hydrogen-bond donors (Lipinski definition) is 0. The molecule has 122 valence electrons. The van der Waals surface area contributed by atoms with Crippen molar-refractivity contribution in [2.75, 3.05) is 13.2 Å². The van der Waals surface area contributed by atoms with E-state index in [2.05, 4.69) is 26.8 Å². The van der Waals surface area contributed by atoms with Crippen LogP contribution in [0.1, 0.15) is 75.4 Å². The van der Waals surface area contributed by atoms with Crippen molar-refractivity contribution >= 4 is 5.78 Å². The molecule has 0 N–H and O–H groups in total. The molecule has 1 fully saturated rings. The van der Waals surface area contributed by atoms with Gasteiger partial charge < -0.3 is 9.47 Å².